The second-order valence-electron chi connectivity index (χ2n) is 6.66. The van der Waals surface area contributed by atoms with Gasteiger partial charge in [0, 0.05) is 38.8 Å². The fourth-order valence-corrected chi connectivity index (χ4v) is 3.50. The molecule has 0 aromatic heterocycles. The van der Waals surface area contributed by atoms with E-state index in [1.54, 1.807) is 0 Å². The van der Waals surface area contributed by atoms with Crippen LogP contribution in [0.3, 0.4) is 0 Å². The van der Waals surface area contributed by atoms with E-state index in [2.05, 4.69) is 52.0 Å². The van der Waals surface area contributed by atoms with Gasteiger partial charge >= 0.3 is 0 Å². The maximum Gasteiger partial charge on any atom is 0.191 e. The van der Waals surface area contributed by atoms with E-state index in [9.17, 15) is 0 Å². The molecule has 2 fully saturated rings. The predicted molar refractivity (Wildman–Crippen MR) is 93.3 cm³/mol. The van der Waals surface area contributed by atoms with Crippen LogP contribution in [-0.2, 0) is 11.3 Å². The molecule has 0 unspecified atom stereocenters. The minimum Gasteiger partial charge on any atom is -0.378 e. The van der Waals surface area contributed by atoms with Crippen LogP contribution in [0.1, 0.15) is 18.9 Å². The van der Waals surface area contributed by atoms with Crippen molar-refractivity contribution >= 4 is 5.96 Å². The van der Waals surface area contributed by atoms with Crippen LogP contribution in [0, 0.1) is 5.92 Å². The third kappa shape index (κ3) is 4.45. The third-order valence-corrected chi connectivity index (χ3v) is 4.87. The van der Waals surface area contributed by atoms with E-state index in [-0.39, 0.29) is 0 Å². The van der Waals surface area contributed by atoms with Crippen molar-refractivity contribution in [2.24, 2.45) is 16.6 Å². The molecule has 2 atom stereocenters. The lowest BCUT2D eigenvalue weighted by atomic mass is 10.1. The SMILES string of the molecule is C[C@H]1C[C@H](CN=C(N)N2CCOCC2)CN1Cc1ccccc1. The number of nitrogens with two attached hydrogens (primary N) is 1. The minimum atomic E-state index is 0.605. The Bertz CT molecular complexity index is 513. The van der Waals surface area contributed by atoms with Gasteiger partial charge < -0.3 is 15.4 Å². The van der Waals surface area contributed by atoms with Crippen LogP contribution < -0.4 is 5.73 Å². The van der Waals surface area contributed by atoms with Gasteiger partial charge in [-0.05, 0) is 24.8 Å². The summed E-state index contributed by atoms with van der Waals surface area (Å²) >= 11 is 0. The summed E-state index contributed by atoms with van der Waals surface area (Å²) in [7, 11) is 0. The van der Waals surface area contributed by atoms with E-state index in [1.807, 2.05) is 0 Å². The van der Waals surface area contributed by atoms with Gasteiger partial charge in [-0.1, -0.05) is 30.3 Å². The quantitative estimate of drug-likeness (QED) is 0.676. The Morgan fingerprint density at radius 1 is 1.26 bits per heavy atom. The van der Waals surface area contributed by atoms with E-state index in [0.717, 1.165) is 45.9 Å². The van der Waals surface area contributed by atoms with Crippen molar-refractivity contribution in [2.45, 2.75) is 25.9 Å². The summed E-state index contributed by atoms with van der Waals surface area (Å²) < 4.78 is 5.35. The number of likely N-dealkylation sites (tertiary alicyclic amines) is 1. The fraction of sp³-hybridized carbons (Fsp3) is 0.611. The highest BCUT2D eigenvalue weighted by Crippen LogP contribution is 2.25. The molecule has 2 aliphatic heterocycles. The van der Waals surface area contributed by atoms with Crippen molar-refractivity contribution in [1.82, 2.24) is 9.80 Å². The predicted octanol–water partition coefficient (Wildman–Crippen LogP) is 1.54. The van der Waals surface area contributed by atoms with Crippen molar-refractivity contribution in [2.75, 3.05) is 39.4 Å². The Morgan fingerprint density at radius 3 is 2.74 bits per heavy atom. The van der Waals surface area contributed by atoms with Gasteiger partial charge in [-0.25, -0.2) is 0 Å². The highest BCUT2D eigenvalue weighted by atomic mass is 16.5. The number of aliphatic imine (C=N–C) groups is 1. The topological polar surface area (TPSA) is 54.1 Å². The van der Waals surface area contributed by atoms with Crippen molar-refractivity contribution < 1.29 is 4.74 Å². The zero-order valence-electron chi connectivity index (χ0n) is 14.0. The maximum absolute atomic E-state index is 6.13. The lowest BCUT2D eigenvalue weighted by Gasteiger charge is -2.27. The minimum absolute atomic E-state index is 0.605. The highest BCUT2D eigenvalue weighted by Gasteiger charge is 2.28. The van der Waals surface area contributed by atoms with Crippen molar-refractivity contribution in [3.63, 3.8) is 0 Å². The lowest BCUT2D eigenvalue weighted by molar-refractivity contribution is 0.0674. The Balaban J connectivity index is 1.50. The van der Waals surface area contributed by atoms with Gasteiger partial charge in [-0.2, -0.15) is 0 Å². The van der Waals surface area contributed by atoms with Crippen LogP contribution in [0.5, 0.6) is 0 Å². The summed E-state index contributed by atoms with van der Waals surface area (Å²) in [5.74, 6) is 1.29. The van der Waals surface area contributed by atoms with E-state index in [4.69, 9.17) is 10.5 Å². The summed E-state index contributed by atoms with van der Waals surface area (Å²) in [6.07, 6.45) is 1.20. The molecular formula is C18H28N4O. The molecule has 2 N–H and O–H groups in total. The Labute approximate surface area is 139 Å². The molecule has 0 amide bonds. The van der Waals surface area contributed by atoms with Gasteiger partial charge in [-0.15, -0.1) is 0 Å². The number of hydrogen-bond donors (Lipinski definition) is 1. The first-order valence-corrected chi connectivity index (χ1v) is 8.63. The molecule has 2 heterocycles. The van der Waals surface area contributed by atoms with Gasteiger partial charge in [0.2, 0.25) is 0 Å². The number of hydrogen-bond acceptors (Lipinski definition) is 3. The van der Waals surface area contributed by atoms with E-state index < -0.39 is 0 Å². The molecule has 0 spiro atoms. The smallest absolute Gasteiger partial charge is 0.191 e. The molecule has 2 saturated heterocycles. The summed E-state index contributed by atoms with van der Waals surface area (Å²) in [6, 6.07) is 11.3. The van der Waals surface area contributed by atoms with Crippen LogP contribution in [0.15, 0.2) is 35.3 Å². The summed E-state index contributed by atoms with van der Waals surface area (Å²) in [4.78, 5) is 9.33. The zero-order valence-corrected chi connectivity index (χ0v) is 14.0. The largest absolute Gasteiger partial charge is 0.378 e. The first kappa shape index (κ1) is 16.3. The van der Waals surface area contributed by atoms with Gasteiger partial charge in [0.05, 0.1) is 13.2 Å². The Kier molecular flexibility index (Phi) is 5.51. The van der Waals surface area contributed by atoms with Crippen LogP contribution in [0.4, 0.5) is 0 Å². The molecule has 1 aromatic carbocycles. The van der Waals surface area contributed by atoms with Crippen LogP contribution in [-0.4, -0.2) is 61.2 Å². The molecule has 5 heteroatoms. The number of nitrogens with zero attached hydrogens (tertiary/aromatic N) is 3. The molecule has 5 nitrogen and oxygen atoms in total. The molecular weight excluding hydrogens is 288 g/mol. The molecule has 0 saturated carbocycles. The first-order chi connectivity index (χ1) is 11.2. The summed E-state index contributed by atoms with van der Waals surface area (Å²) in [6.45, 7) is 8.50. The molecule has 0 radical (unpaired) electrons. The van der Waals surface area contributed by atoms with Crippen molar-refractivity contribution in [3.8, 4) is 0 Å². The van der Waals surface area contributed by atoms with E-state index in [0.29, 0.717) is 17.9 Å². The maximum atomic E-state index is 6.13. The third-order valence-electron chi connectivity index (χ3n) is 4.87. The standard InChI is InChI=1S/C18H28N4O/c1-15-11-17(12-20-18(19)21-7-9-23-10-8-21)14-22(15)13-16-5-3-2-4-6-16/h2-6,15,17H,7-14H2,1H3,(H2,19,20)/t15-,17+/m0/s1. The molecule has 3 rings (SSSR count). The number of rotatable bonds is 4. The van der Waals surface area contributed by atoms with Gasteiger partial charge in [0.1, 0.15) is 0 Å². The van der Waals surface area contributed by atoms with Crippen LogP contribution in [0.2, 0.25) is 0 Å². The van der Waals surface area contributed by atoms with E-state index >= 15 is 0 Å². The van der Waals surface area contributed by atoms with Gasteiger partial charge in [-0.3, -0.25) is 9.89 Å². The van der Waals surface area contributed by atoms with E-state index in [1.165, 1.54) is 12.0 Å². The summed E-state index contributed by atoms with van der Waals surface area (Å²) in [5, 5.41) is 0. The number of ether oxygens (including phenoxy) is 1. The van der Waals surface area contributed by atoms with Crippen LogP contribution in [0.25, 0.3) is 0 Å². The number of morpholine rings is 1. The average Bonchev–Trinajstić information content (AvgIpc) is 2.94. The molecule has 0 bridgehead atoms. The molecule has 1 aromatic rings. The van der Waals surface area contributed by atoms with Crippen molar-refractivity contribution in [3.05, 3.63) is 35.9 Å². The molecule has 2 aliphatic rings. The van der Waals surface area contributed by atoms with Crippen LogP contribution >= 0.6 is 0 Å². The lowest BCUT2D eigenvalue weighted by Crippen LogP contribution is -2.45. The summed E-state index contributed by atoms with van der Waals surface area (Å²) in [5.41, 5.74) is 7.51. The molecule has 126 valence electrons. The second kappa shape index (κ2) is 7.79. The fourth-order valence-electron chi connectivity index (χ4n) is 3.50. The molecule has 0 aliphatic carbocycles. The monoisotopic (exact) mass is 316 g/mol. The number of benzene rings is 1. The van der Waals surface area contributed by atoms with Crippen molar-refractivity contribution in [1.29, 1.82) is 0 Å². The molecule has 23 heavy (non-hydrogen) atoms. The van der Waals surface area contributed by atoms with Gasteiger partial charge in [0.25, 0.3) is 0 Å². The Hall–Kier alpha value is -1.59. The second-order valence-corrected chi connectivity index (χ2v) is 6.66. The highest BCUT2D eigenvalue weighted by molar-refractivity contribution is 5.78. The zero-order chi connectivity index (χ0) is 16.1. The average molecular weight is 316 g/mol. The first-order valence-electron chi connectivity index (χ1n) is 8.63. The number of guanidine groups is 1. The van der Waals surface area contributed by atoms with Gasteiger partial charge in [0.15, 0.2) is 5.96 Å². The Morgan fingerprint density at radius 2 is 2.00 bits per heavy atom. The normalized spacial score (nSPS) is 26.7.